The SMILES string of the molecule is Cc1cc(Br)ccc1-c1ccc(CNCCc2c[nH]c3ccccc23)o1. The summed E-state index contributed by atoms with van der Waals surface area (Å²) in [6, 6.07) is 18.8. The van der Waals surface area contributed by atoms with Gasteiger partial charge in [0.05, 0.1) is 6.54 Å². The highest BCUT2D eigenvalue weighted by atomic mass is 79.9. The Morgan fingerprint density at radius 3 is 2.85 bits per heavy atom. The number of aromatic amines is 1. The van der Waals surface area contributed by atoms with Gasteiger partial charge < -0.3 is 14.7 Å². The normalized spacial score (nSPS) is 11.3. The molecule has 4 aromatic rings. The Morgan fingerprint density at radius 1 is 1.08 bits per heavy atom. The Kier molecular flexibility index (Phi) is 4.96. The number of para-hydroxylation sites is 1. The van der Waals surface area contributed by atoms with Gasteiger partial charge in [0.1, 0.15) is 11.5 Å². The van der Waals surface area contributed by atoms with Crippen LogP contribution in [0.25, 0.3) is 22.2 Å². The number of H-pyrrole nitrogens is 1. The summed E-state index contributed by atoms with van der Waals surface area (Å²) in [7, 11) is 0. The number of fused-ring (bicyclic) bond motifs is 1. The van der Waals surface area contributed by atoms with E-state index in [2.05, 4.69) is 81.8 Å². The number of furan rings is 1. The third-order valence-corrected chi connectivity index (χ3v) is 5.15. The Labute approximate surface area is 161 Å². The van der Waals surface area contributed by atoms with Crippen LogP contribution in [-0.4, -0.2) is 11.5 Å². The highest BCUT2D eigenvalue weighted by Gasteiger charge is 2.08. The molecule has 0 saturated heterocycles. The van der Waals surface area contributed by atoms with Gasteiger partial charge in [-0.2, -0.15) is 0 Å². The van der Waals surface area contributed by atoms with Crippen molar-refractivity contribution in [1.82, 2.24) is 10.3 Å². The lowest BCUT2D eigenvalue weighted by Crippen LogP contribution is -2.16. The van der Waals surface area contributed by atoms with E-state index in [0.29, 0.717) is 0 Å². The molecule has 132 valence electrons. The average Bonchev–Trinajstić information content (AvgIpc) is 3.26. The Bertz CT molecular complexity index is 1030. The fourth-order valence-electron chi connectivity index (χ4n) is 3.29. The van der Waals surface area contributed by atoms with Crippen molar-refractivity contribution < 1.29 is 4.42 Å². The van der Waals surface area contributed by atoms with Gasteiger partial charge in [-0.25, -0.2) is 0 Å². The number of benzene rings is 2. The first-order chi connectivity index (χ1) is 12.7. The molecular weight excluding hydrogens is 388 g/mol. The first-order valence-electron chi connectivity index (χ1n) is 8.81. The van der Waals surface area contributed by atoms with E-state index in [1.54, 1.807) is 0 Å². The van der Waals surface area contributed by atoms with E-state index >= 15 is 0 Å². The van der Waals surface area contributed by atoms with Crippen LogP contribution in [0.2, 0.25) is 0 Å². The molecule has 26 heavy (non-hydrogen) atoms. The zero-order valence-electron chi connectivity index (χ0n) is 14.7. The third-order valence-electron chi connectivity index (χ3n) is 4.66. The molecule has 0 saturated carbocycles. The highest BCUT2D eigenvalue weighted by Crippen LogP contribution is 2.27. The summed E-state index contributed by atoms with van der Waals surface area (Å²) in [5.74, 6) is 1.88. The summed E-state index contributed by atoms with van der Waals surface area (Å²) in [5, 5.41) is 4.78. The topological polar surface area (TPSA) is 41.0 Å². The molecular formula is C22H21BrN2O. The van der Waals surface area contributed by atoms with E-state index in [1.165, 1.54) is 22.0 Å². The van der Waals surface area contributed by atoms with Crippen LogP contribution in [-0.2, 0) is 13.0 Å². The van der Waals surface area contributed by atoms with Crippen LogP contribution in [0.15, 0.2) is 69.7 Å². The van der Waals surface area contributed by atoms with E-state index < -0.39 is 0 Å². The van der Waals surface area contributed by atoms with Gasteiger partial charge in [-0.1, -0.05) is 34.1 Å². The Balaban J connectivity index is 1.35. The van der Waals surface area contributed by atoms with Crippen LogP contribution < -0.4 is 5.32 Å². The summed E-state index contributed by atoms with van der Waals surface area (Å²) in [6.45, 7) is 3.74. The third kappa shape index (κ3) is 3.62. The van der Waals surface area contributed by atoms with Gasteiger partial charge in [0.15, 0.2) is 0 Å². The van der Waals surface area contributed by atoms with Crippen molar-refractivity contribution in [3.63, 3.8) is 0 Å². The molecule has 0 fully saturated rings. The van der Waals surface area contributed by atoms with Crippen molar-refractivity contribution in [2.24, 2.45) is 0 Å². The lowest BCUT2D eigenvalue weighted by Gasteiger charge is -2.04. The number of nitrogens with one attached hydrogen (secondary N) is 2. The van der Waals surface area contributed by atoms with Crippen LogP contribution in [0.4, 0.5) is 0 Å². The molecule has 0 atom stereocenters. The van der Waals surface area contributed by atoms with Crippen LogP contribution in [0.3, 0.4) is 0 Å². The second-order valence-corrected chi connectivity index (χ2v) is 7.43. The van der Waals surface area contributed by atoms with E-state index in [0.717, 1.165) is 41.1 Å². The first kappa shape index (κ1) is 17.1. The van der Waals surface area contributed by atoms with Crippen LogP contribution in [0.5, 0.6) is 0 Å². The fraction of sp³-hybridized carbons (Fsp3) is 0.182. The minimum Gasteiger partial charge on any atom is -0.460 e. The van der Waals surface area contributed by atoms with Crippen LogP contribution in [0.1, 0.15) is 16.9 Å². The molecule has 4 heteroatoms. The van der Waals surface area contributed by atoms with Crippen molar-refractivity contribution in [3.05, 3.63) is 82.2 Å². The molecule has 0 aliphatic carbocycles. The van der Waals surface area contributed by atoms with Gasteiger partial charge >= 0.3 is 0 Å². The van der Waals surface area contributed by atoms with Gasteiger partial charge in [0.25, 0.3) is 0 Å². The summed E-state index contributed by atoms with van der Waals surface area (Å²) >= 11 is 3.50. The standard InChI is InChI=1S/C22H21BrN2O/c1-15-12-17(23)6-8-19(15)22-9-7-18(26-22)14-24-11-10-16-13-25-21-5-3-2-4-20(16)21/h2-9,12-13,24-25H,10-11,14H2,1H3. The maximum atomic E-state index is 6.01. The van der Waals surface area contributed by atoms with Crippen molar-refractivity contribution >= 4 is 26.8 Å². The predicted octanol–water partition coefficient (Wildman–Crippen LogP) is 5.83. The van der Waals surface area contributed by atoms with E-state index in [4.69, 9.17) is 4.42 Å². The minimum absolute atomic E-state index is 0.734. The lowest BCUT2D eigenvalue weighted by atomic mass is 10.1. The first-order valence-corrected chi connectivity index (χ1v) is 9.61. The summed E-state index contributed by atoms with van der Waals surface area (Å²) in [4.78, 5) is 3.33. The molecule has 3 nitrogen and oxygen atoms in total. The average molecular weight is 409 g/mol. The van der Waals surface area contributed by atoms with Gasteiger partial charge in [-0.3, -0.25) is 0 Å². The molecule has 0 amide bonds. The molecule has 0 radical (unpaired) electrons. The van der Waals surface area contributed by atoms with Crippen LogP contribution >= 0.6 is 15.9 Å². The Morgan fingerprint density at radius 2 is 1.96 bits per heavy atom. The van der Waals surface area contributed by atoms with Crippen molar-refractivity contribution in [2.45, 2.75) is 19.9 Å². The molecule has 4 rings (SSSR count). The number of hydrogen-bond acceptors (Lipinski definition) is 2. The van der Waals surface area contributed by atoms with Gasteiger partial charge in [0.2, 0.25) is 0 Å². The summed E-state index contributed by atoms with van der Waals surface area (Å²) in [5.41, 5.74) is 4.88. The van der Waals surface area contributed by atoms with Crippen molar-refractivity contribution in [1.29, 1.82) is 0 Å². The molecule has 0 bridgehead atoms. The zero-order chi connectivity index (χ0) is 17.9. The quantitative estimate of drug-likeness (QED) is 0.394. The molecule has 2 aromatic carbocycles. The smallest absolute Gasteiger partial charge is 0.134 e. The lowest BCUT2D eigenvalue weighted by molar-refractivity contribution is 0.494. The largest absolute Gasteiger partial charge is 0.460 e. The summed E-state index contributed by atoms with van der Waals surface area (Å²) < 4.78 is 7.10. The molecule has 2 N–H and O–H groups in total. The number of rotatable bonds is 6. The molecule has 0 aliphatic heterocycles. The highest BCUT2D eigenvalue weighted by molar-refractivity contribution is 9.10. The predicted molar refractivity (Wildman–Crippen MR) is 110 cm³/mol. The molecule has 2 heterocycles. The molecule has 0 spiro atoms. The van der Waals surface area contributed by atoms with Crippen LogP contribution in [0, 0.1) is 6.92 Å². The van der Waals surface area contributed by atoms with Crippen molar-refractivity contribution in [3.8, 4) is 11.3 Å². The van der Waals surface area contributed by atoms with Crippen molar-refractivity contribution in [2.75, 3.05) is 6.54 Å². The molecule has 0 aliphatic rings. The maximum absolute atomic E-state index is 6.01. The minimum atomic E-state index is 0.734. The monoisotopic (exact) mass is 408 g/mol. The number of halogens is 1. The molecule has 0 unspecified atom stereocenters. The second kappa shape index (κ2) is 7.52. The zero-order valence-corrected chi connectivity index (χ0v) is 16.3. The second-order valence-electron chi connectivity index (χ2n) is 6.51. The summed E-state index contributed by atoms with van der Waals surface area (Å²) in [6.07, 6.45) is 3.09. The van der Waals surface area contributed by atoms with Gasteiger partial charge in [-0.15, -0.1) is 0 Å². The Hall–Kier alpha value is -2.30. The fourth-order valence-corrected chi connectivity index (χ4v) is 3.77. The van der Waals surface area contributed by atoms with E-state index in [-0.39, 0.29) is 0 Å². The van der Waals surface area contributed by atoms with Gasteiger partial charge in [-0.05, 0) is 67.4 Å². The number of aryl methyl sites for hydroxylation is 1. The molecule has 2 aromatic heterocycles. The maximum Gasteiger partial charge on any atom is 0.134 e. The number of hydrogen-bond donors (Lipinski definition) is 2. The van der Waals surface area contributed by atoms with Gasteiger partial charge in [0, 0.05) is 27.1 Å². The number of aromatic nitrogens is 1. The van der Waals surface area contributed by atoms with E-state index in [9.17, 15) is 0 Å². The van der Waals surface area contributed by atoms with E-state index in [1.807, 2.05) is 12.1 Å².